The van der Waals surface area contributed by atoms with Gasteiger partial charge in [0.25, 0.3) is 11.6 Å². The van der Waals surface area contributed by atoms with Crippen molar-refractivity contribution in [3.8, 4) is 0 Å². The Kier molecular flexibility index (Phi) is 5.26. The quantitative estimate of drug-likeness (QED) is 0.659. The molecule has 1 saturated heterocycles. The third-order valence-corrected chi connectivity index (χ3v) is 2.99. The summed E-state index contributed by atoms with van der Waals surface area (Å²) in [5.41, 5.74) is 0.0327. The number of nitro groups is 1. The van der Waals surface area contributed by atoms with Crippen LogP contribution < -0.4 is 5.32 Å². The number of rotatable bonds is 2. The van der Waals surface area contributed by atoms with Gasteiger partial charge in [-0.15, -0.1) is 12.4 Å². The van der Waals surface area contributed by atoms with E-state index in [1.807, 2.05) is 6.92 Å². The van der Waals surface area contributed by atoms with Crippen LogP contribution in [0, 0.1) is 10.1 Å². The van der Waals surface area contributed by atoms with Crippen LogP contribution >= 0.6 is 12.4 Å². The van der Waals surface area contributed by atoms with Gasteiger partial charge in [0.05, 0.1) is 4.92 Å². The van der Waals surface area contributed by atoms with Gasteiger partial charge in [-0.25, -0.2) is 0 Å². The molecule has 0 aliphatic carbocycles. The fraction of sp³-hybridized carbons (Fsp3) is 0.417. The molecule has 104 valence electrons. The van der Waals surface area contributed by atoms with E-state index in [0.29, 0.717) is 19.6 Å². The molecule has 0 saturated carbocycles. The maximum atomic E-state index is 12.3. The van der Waals surface area contributed by atoms with Crippen LogP contribution in [-0.4, -0.2) is 41.4 Å². The summed E-state index contributed by atoms with van der Waals surface area (Å²) in [5, 5.41) is 14.1. The van der Waals surface area contributed by atoms with Crippen LogP contribution in [-0.2, 0) is 0 Å². The third kappa shape index (κ3) is 3.42. The number of nitro benzene ring substituents is 1. The van der Waals surface area contributed by atoms with Gasteiger partial charge >= 0.3 is 0 Å². The second-order valence-electron chi connectivity index (χ2n) is 4.38. The topological polar surface area (TPSA) is 75.5 Å². The molecule has 1 aliphatic rings. The molecule has 1 aliphatic heterocycles. The number of amides is 1. The lowest BCUT2D eigenvalue weighted by molar-refractivity contribution is -0.385. The minimum atomic E-state index is -0.515. The number of carbonyl (C=O) groups excluding carboxylic acids is 1. The SMILES string of the molecule is C[C@H]1CN(C(=O)c2ccccc2[N+](=O)[O-])CCN1.Cl. The van der Waals surface area contributed by atoms with Gasteiger partial charge in [0.1, 0.15) is 5.56 Å². The lowest BCUT2D eigenvalue weighted by Gasteiger charge is -2.31. The zero-order valence-electron chi connectivity index (χ0n) is 10.5. The Labute approximate surface area is 117 Å². The Morgan fingerprint density at radius 1 is 1.47 bits per heavy atom. The predicted octanol–water partition coefficient (Wildman–Crippen LogP) is 1.45. The Hall–Kier alpha value is -1.66. The van der Waals surface area contributed by atoms with E-state index < -0.39 is 4.92 Å². The molecule has 1 aromatic carbocycles. The first-order valence-corrected chi connectivity index (χ1v) is 5.85. The monoisotopic (exact) mass is 285 g/mol. The van der Waals surface area contributed by atoms with Crippen molar-refractivity contribution in [2.75, 3.05) is 19.6 Å². The summed E-state index contributed by atoms with van der Waals surface area (Å²) in [6.07, 6.45) is 0. The highest BCUT2D eigenvalue weighted by atomic mass is 35.5. The fourth-order valence-corrected chi connectivity index (χ4v) is 2.10. The van der Waals surface area contributed by atoms with Crippen molar-refractivity contribution < 1.29 is 9.72 Å². The first-order valence-electron chi connectivity index (χ1n) is 5.85. The number of carbonyl (C=O) groups is 1. The van der Waals surface area contributed by atoms with Crippen molar-refractivity contribution in [1.29, 1.82) is 0 Å². The minimum Gasteiger partial charge on any atom is -0.336 e. The van der Waals surface area contributed by atoms with E-state index in [9.17, 15) is 14.9 Å². The fourth-order valence-electron chi connectivity index (χ4n) is 2.10. The van der Waals surface area contributed by atoms with Gasteiger partial charge in [0.15, 0.2) is 0 Å². The van der Waals surface area contributed by atoms with Crippen molar-refractivity contribution in [3.05, 3.63) is 39.9 Å². The highest BCUT2D eigenvalue weighted by Gasteiger charge is 2.26. The molecule has 0 radical (unpaired) electrons. The van der Waals surface area contributed by atoms with Gasteiger partial charge in [-0.1, -0.05) is 12.1 Å². The number of nitrogens with one attached hydrogen (secondary N) is 1. The number of hydrogen-bond acceptors (Lipinski definition) is 4. The smallest absolute Gasteiger partial charge is 0.282 e. The van der Waals surface area contributed by atoms with Gasteiger partial charge in [-0.3, -0.25) is 14.9 Å². The highest BCUT2D eigenvalue weighted by Crippen LogP contribution is 2.20. The summed E-state index contributed by atoms with van der Waals surface area (Å²) in [6.45, 7) is 3.85. The van der Waals surface area contributed by atoms with Crippen LogP contribution in [0.2, 0.25) is 0 Å². The van der Waals surface area contributed by atoms with Crippen molar-refractivity contribution in [3.63, 3.8) is 0 Å². The zero-order valence-corrected chi connectivity index (χ0v) is 11.4. The molecule has 1 N–H and O–H groups in total. The standard InChI is InChI=1S/C12H15N3O3.ClH/c1-9-8-14(7-6-13-9)12(16)10-4-2-3-5-11(10)15(17)18;/h2-5,9,13H,6-8H2,1H3;1H/t9-;/m0./s1. The molecule has 0 spiro atoms. The molecule has 0 unspecified atom stereocenters. The van der Waals surface area contributed by atoms with Crippen LogP contribution in [0.1, 0.15) is 17.3 Å². The number of para-hydroxylation sites is 1. The first kappa shape index (κ1) is 15.4. The molecule has 7 heteroatoms. The predicted molar refractivity (Wildman–Crippen MR) is 73.7 cm³/mol. The van der Waals surface area contributed by atoms with E-state index in [2.05, 4.69) is 5.32 Å². The van der Waals surface area contributed by atoms with Crippen LogP contribution in [0.15, 0.2) is 24.3 Å². The molecule has 0 bridgehead atoms. The van der Waals surface area contributed by atoms with Crippen LogP contribution in [0.5, 0.6) is 0 Å². The van der Waals surface area contributed by atoms with Gasteiger partial charge in [-0.2, -0.15) is 0 Å². The second-order valence-corrected chi connectivity index (χ2v) is 4.38. The van der Waals surface area contributed by atoms with Crippen LogP contribution in [0.4, 0.5) is 5.69 Å². The summed E-state index contributed by atoms with van der Waals surface area (Å²) in [5.74, 6) is -0.268. The molecule has 19 heavy (non-hydrogen) atoms. The van der Waals surface area contributed by atoms with Gasteiger partial charge in [0.2, 0.25) is 0 Å². The lowest BCUT2D eigenvalue weighted by Crippen LogP contribution is -2.51. The molecular formula is C12H16ClN3O3. The van der Waals surface area contributed by atoms with Crippen molar-refractivity contribution in [2.24, 2.45) is 0 Å². The lowest BCUT2D eigenvalue weighted by atomic mass is 10.1. The molecule has 6 nitrogen and oxygen atoms in total. The molecule has 1 amide bonds. The average Bonchev–Trinajstić information content (AvgIpc) is 2.38. The zero-order chi connectivity index (χ0) is 13.1. The van der Waals surface area contributed by atoms with E-state index >= 15 is 0 Å². The van der Waals surface area contributed by atoms with Crippen LogP contribution in [0.25, 0.3) is 0 Å². The average molecular weight is 286 g/mol. The molecule has 1 heterocycles. The van der Waals surface area contributed by atoms with Gasteiger partial charge in [0, 0.05) is 31.7 Å². The highest BCUT2D eigenvalue weighted by molar-refractivity contribution is 5.98. The third-order valence-electron chi connectivity index (χ3n) is 2.99. The van der Waals surface area contributed by atoms with E-state index in [4.69, 9.17) is 0 Å². The van der Waals surface area contributed by atoms with Gasteiger partial charge < -0.3 is 10.2 Å². The molecular weight excluding hydrogens is 270 g/mol. The van der Waals surface area contributed by atoms with E-state index in [1.54, 1.807) is 17.0 Å². The number of nitrogens with zero attached hydrogens (tertiary/aromatic N) is 2. The van der Waals surface area contributed by atoms with Gasteiger partial charge in [-0.05, 0) is 13.0 Å². The Morgan fingerprint density at radius 3 is 2.79 bits per heavy atom. The number of benzene rings is 1. The Bertz CT molecular complexity index is 481. The molecule has 1 atom stereocenters. The molecule has 2 rings (SSSR count). The molecule has 1 fully saturated rings. The number of hydrogen-bond donors (Lipinski definition) is 1. The summed E-state index contributed by atoms with van der Waals surface area (Å²) in [7, 11) is 0. The summed E-state index contributed by atoms with van der Waals surface area (Å²) in [4.78, 5) is 24.3. The summed E-state index contributed by atoms with van der Waals surface area (Å²) < 4.78 is 0. The maximum Gasteiger partial charge on any atom is 0.282 e. The first-order chi connectivity index (χ1) is 8.59. The minimum absolute atomic E-state index is 0. The van der Waals surface area contributed by atoms with Crippen molar-refractivity contribution in [1.82, 2.24) is 10.2 Å². The van der Waals surface area contributed by atoms with Crippen molar-refractivity contribution in [2.45, 2.75) is 13.0 Å². The largest absolute Gasteiger partial charge is 0.336 e. The second kappa shape index (κ2) is 6.49. The van der Waals surface area contributed by atoms with E-state index in [1.165, 1.54) is 12.1 Å². The van der Waals surface area contributed by atoms with Crippen molar-refractivity contribution >= 4 is 24.0 Å². The maximum absolute atomic E-state index is 12.3. The molecule has 0 aromatic heterocycles. The number of halogens is 1. The number of piperazine rings is 1. The van der Waals surface area contributed by atoms with E-state index in [0.717, 1.165) is 0 Å². The normalized spacial score (nSPS) is 18.6. The summed E-state index contributed by atoms with van der Waals surface area (Å²) >= 11 is 0. The molecule has 1 aromatic rings. The van der Waals surface area contributed by atoms with E-state index in [-0.39, 0.29) is 35.6 Å². The summed E-state index contributed by atoms with van der Waals surface area (Å²) in [6, 6.07) is 6.29. The Morgan fingerprint density at radius 2 is 2.16 bits per heavy atom. The van der Waals surface area contributed by atoms with Crippen LogP contribution in [0.3, 0.4) is 0 Å². The Balaban J connectivity index is 0.00000180.